The lowest BCUT2D eigenvalue weighted by Gasteiger charge is -2.33. The lowest BCUT2D eigenvalue weighted by molar-refractivity contribution is 0.122. The van der Waals surface area contributed by atoms with Gasteiger partial charge in [0, 0.05) is 43.5 Å². The molecule has 1 N–H and O–H groups in total. The molecule has 1 saturated carbocycles. The Labute approximate surface area is 171 Å². The van der Waals surface area contributed by atoms with Crippen LogP contribution < -0.4 is 20.1 Å². The van der Waals surface area contributed by atoms with Crippen molar-refractivity contribution >= 4 is 11.5 Å². The number of hydrogen-bond acceptors (Lipinski definition) is 5. The van der Waals surface area contributed by atoms with Crippen LogP contribution in [0.15, 0.2) is 41.2 Å². The number of pyridine rings is 1. The normalized spacial score (nSPS) is 28.3. The molecule has 3 aliphatic rings. The van der Waals surface area contributed by atoms with Crippen LogP contribution in [0.5, 0.6) is 5.75 Å². The fourth-order valence-corrected chi connectivity index (χ4v) is 5.37. The first-order valence-electron chi connectivity index (χ1n) is 10.6. The molecule has 5 rings (SSSR count). The van der Waals surface area contributed by atoms with Crippen LogP contribution in [0.2, 0.25) is 0 Å². The molecule has 154 valence electrons. The smallest absolute Gasteiger partial charge is 0.251 e. The molecule has 0 bridgehead atoms. The average molecular weight is 396 g/mol. The fourth-order valence-electron chi connectivity index (χ4n) is 5.37. The van der Waals surface area contributed by atoms with Gasteiger partial charge in [0.1, 0.15) is 11.6 Å². The molecule has 0 unspecified atom stereocenters. The predicted octanol–water partition coefficient (Wildman–Crippen LogP) is 2.53. The van der Waals surface area contributed by atoms with Crippen molar-refractivity contribution in [3.8, 4) is 5.75 Å². The van der Waals surface area contributed by atoms with Crippen LogP contribution in [0.3, 0.4) is 0 Å². The summed E-state index contributed by atoms with van der Waals surface area (Å²) >= 11 is 0. The number of aromatic amines is 1. The van der Waals surface area contributed by atoms with Crippen molar-refractivity contribution in [2.75, 3.05) is 49.8 Å². The number of rotatable bonds is 5. The lowest BCUT2D eigenvalue weighted by atomic mass is 10.00. The summed E-state index contributed by atoms with van der Waals surface area (Å²) in [6.07, 6.45) is 0.930. The second-order valence-electron chi connectivity index (χ2n) is 8.52. The number of piperidine rings is 1. The third-order valence-corrected chi connectivity index (χ3v) is 7.01. The Morgan fingerprint density at radius 1 is 1.21 bits per heavy atom. The molecule has 2 saturated heterocycles. The number of fused-ring (bicyclic) bond motifs is 1. The second-order valence-corrected chi connectivity index (χ2v) is 8.52. The first-order chi connectivity index (χ1) is 14.2. The molecule has 29 heavy (non-hydrogen) atoms. The number of aromatic nitrogens is 1. The maximum absolute atomic E-state index is 12.5. The van der Waals surface area contributed by atoms with Crippen LogP contribution in [0.25, 0.3) is 0 Å². The number of morpholine rings is 1. The first-order valence-corrected chi connectivity index (χ1v) is 10.6. The molecule has 4 atom stereocenters. The molecule has 0 amide bonds. The van der Waals surface area contributed by atoms with Gasteiger partial charge in [0.05, 0.1) is 20.3 Å². The van der Waals surface area contributed by atoms with Crippen LogP contribution in [0, 0.1) is 17.8 Å². The van der Waals surface area contributed by atoms with E-state index >= 15 is 0 Å². The highest BCUT2D eigenvalue weighted by atomic mass is 16.5. The van der Waals surface area contributed by atoms with Gasteiger partial charge in [0.15, 0.2) is 0 Å². The summed E-state index contributed by atoms with van der Waals surface area (Å²) in [4.78, 5) is 20.3. The summed E-state index contributed by atoms with van der Waals surface area (Å²) in [6, 6.07) is 12.5. The summed E-state index contributed by atoms with van der Waals surface area (Å²) in [7, 11) is 1.73. The van der Waals surface area contributed by atoms with E-state index in [0.29, 0.717) is 31.1 Å². The quantitative estimate of drug-likeness (QED) is 0.843. The fraction of sp³-hybridized carbons (Fsp3) is 0.522. The van der Waals surface area contributed by atoms with E-state index in [1.165, 1.54) is 5.56 Å². The minimum atomic E-state index is -0.0337. The minimum Gasteiger partial charge on any atom is -0.496 e. The number of para-hydroxylation sites is 1. The van der Waals surface area contributed by atoms with Crippen molar-refractivity contribution in [1.82, 2.24) is 4.98 Å². The van der Waals surface area contributed by atoms with E-state index in [1.54, 1.807) is 13.2 Å². The van der Waals surface area contributed by atoms with Gasteiger partial charge in [-0.3, -0.25) is 4.79 Å². The lowest BCUT2D eigenvalue weighted by Crippen LogP contribution is -2.39. The summed E-state index contributed by atoms with van der Waals surface area (Å²) in [5, 5.41) is 0. The molecule has 6 heteroatoms. The van der Waals surface area contributed by atoms with E-state index in [2.05, 4.69) is 39.9 Å². The van der Waals surface area contributed by atoms with Gasteiger partial charge in [-0.05, 0) is 35.8 Å². The van der Waals surface area contributed by atoms with Crippen molar-refractivity contribution in [2.24, 2.45) is 17.8 Å². The summed E-state index contributed by atoms with van der Waals surface area (Å²) in [5.41, 5.74) is 2.20. The van der Waals surface area contributed by atoms with Crippen LogP contribution in [0.4, 0.5) is 11.5 Å². The first kappa shape index (κ1) is 18.6. The van der Waals surface area contributed by atoms with Gasteiger partial charge < -0.3 is 24.3 Å². The third kappa shape index (κ3) is 3.39. The Balaban J connectivity index is 1.45. The van der Waals surface area contributed by atoms with Crippen molar-refractivity contribution in [1.29, 1.82) is 0 Å². The highest BCUT2D eigenvalue weighted by Crippen LogP contribution is 2.56. The molecule has 1 aliphatic carbocycles. The van der Waals surface area contributed by atoms with Gasteiger partial charge in [-0.1, -0.05) is 25.1 Å². The maximum atomic E-state index is 12.5. The highest BCUT2D eigenvalue weighted by molar-refractivity contribution is 5.57. The number of nitrogens with one attached hydrogen (secondary N) is 1. The summed E-state index contributed by atoms with van der Waals surface area (Å²) in [5.74, 6) is 4.03. The van der Waals surface area contributed by atoms with Gasteiger partial charge in [-0.2, -0.15) is 0 Å². The van der Waals surface area contributed by atoms with E-state index in [-0.39, 0.29) is 5.56 Å². The van der Waals surface area contributed by atoms with Crippen molar-refractivity contribution in [2.45, 2.75) is 19.4 Å². The second kappa shape index (κ2) is 7.41. The van der Waals surface area contributed by atoms with E-state index in [4.69, 9.17) is 9.47 Å². The SMILES string of the molecule is COc1ccccc1C[C@H]1[C@@H]2[C@H](C)[C@@H]2CN1c1cc(N2CCOCC2)cc(=O)[nH]1. The average Bonchev–Trinajstić information content (AvgIpc) is 3.21. The molecule has 6 nitrogen and oxygen atoms in total. The van der Waals surface area contributed by atoms with Crippen LogP contribution in [-0.4, -0.2) is 51.0 Å². The molecule has 1 aromatic carbocycles. The van der Waals surface area contributed by atoms with Crippen LogP contribution >= 0.6 is 0 Å². The summed E-state index contributed by atoms with van der Waals surface area (Å²) < 4.78 is 11.1. The van der Waals surface area contributed by atoms with Crippen molar-refractivity contribution in [3.63, 3.8) is 0 Å². The molecule has 0 spiro atoms. The molecular formula is C23H29N3O3. The van der Waals surface area contributed by atoms with E-state index in [1.807, 2.05) is 12.1 Å². The highest BCUT2D eigenvalue weighted by Gasteiger charge is 2.58. The Bertz CT molecular complexity index is 937. The Morgan fingerprint density at radius 2 is 2.00 bits per heavy atom. The van der Waals surface area contributed by atoms with Gasteiger partial charge >= 0.3 is 0 Å². The van der Waals surface area contributed by atoms with Gasteiger partial charge in [-0.25, -0.2) is 0 Å². The zero-order chi connectivity index (χ0) is 20.0. The number of benzene rings is 1. The van der Waals surface area contributed by atoms with Crippen molar-refractivity contribution in [3.05, 3.63) is 52.3 Å². The van der Waals surface area contributed by atoms with E-state index in [9.17, 15) is 4.79 Å². The minimum absolute atomic E-state index is 0.0337. The number of nitrogens with zero attached hydrogens (tertiary/aromatic N) is 2. The number of anilines is 2. The Hall–Kier alpha value is -2.47. The van der Waals surface area contributed by atoms with Gasteiger partial charge in [0.2, 0.25) is 0 Å². The molecule has 0 radical (unpaired) electrons. The molecule has 1 aromatic heterocycles. The van der Waals surface area contributed by atoms with Crippen LogP contribution in [0.1, 0.15) is 12.5 Å². The van der Waals surface area contributed by atoms with Crippen molar-refractivity contribution < 1.29 is 9.47 Å². The number of methoxy groups -OCH3 is 1. The van der Waals surface area contributed by atoms with Crippen LogP contribution in [-0.2, 0) is 11.2 Å². The van der Waals surface area contributed by atoms with Gasteiger partial charge in [0.25, 0.3) is 5.56 Å². The molecular weight excluding hydrogens is 366 g/mol. The van der Waals surface area contributed by atoms with Gasteiger partial charge in [-0.15, -0.1) is 0 Å². The standard InChI is InChI=1S/C23H29N3O3/c1-15-18-14-26(19(23(15)18)11-16-5-3-4-6-20(16)28-2)21-12-17(13-22(27)24-21)25-7-9-29-10-8-25/h3-6,12-13,15,18-19,23H,7-11,14H2,1-2H3,(H,24,27)/t15-,18+,19+,23-/m1/s1. The molecule has 3 fully saturated rings. The number of ether oxygens (including phenoxy) is 2. The number of H-pyrrole nitrogens is 1. The Morgan fingerprint density at radius 3 is 2.79 bits per heavy atom. The summed E-state index contributed by atoms with van der Waals surface area (Å²) in [6.45, 7) is 6.45. The predicted molar refractivity (Wildman–Crippen MR) is 114 cm³/mol. The monoisotopic (exact) mass is 395 g/mol. The molecule has 2 aliphatic heterocycles. The third-order valence-electron chi connectivity index (χ3n) is 7.01. The Kier molecular flexibility index (Phi) is 4.74. The largest absolute Gasteiger partial charge is 0.496 e. The number of hydrogen-bond donors (Lipinski definition) is 1. The van der Waals surface area contributed by atoms with E-state index in [0.717, 1.165) is 49.2 Å². The topological polar surface area (TPSA) is 57.8 Å². The molecule has 3 heterocycles. The maximum Gasteiger partial charge on any atom is 0.251 e. The van der Waals surface area contributed by atoms with E-state index < -0.39 is 0 Å². The zero-order valence-electron chi connectivity index (χ0n) is 17.1. The molecule has 2 aromatic rings. The zero-order valence-corrected chi connectivity index (χ0v) is 17.1.